The van der Waals surface area contributed by atoms with E-state index in [0.717, 1.165) is 13.1 Å². The minimum atomic E-state index is -0.576. The third kappa shape index (κ3) is 4.04. The van der Waals surface area contributed by atoms with Gasteiger partial charge in [0.25, 0.3) is 0 Å². The summed E-state index contributed by atoms with van der Waals surface area (Å²) in [4.78, 5) is 36.9. The topological polar surface area (TPSA) is 75.7 Å². The van der Waals surface area contributed by atoms with Gasteiger partial charge in [0, 0.05) is 37.3 Å². The first-order valence-electron chi connectivity index (χ1n) is 7.42. The zero-order valence-corrected chi connectivity index (χ0v) is 13.3. The van der Waals surface area contributed by atoms with E-state index in [0.29, 0.717) is 30.5 Å². The molecule has 1 heterocycles. The number of hydrogen-bond acceptors (Lipinski definition) is 5. The first-order valence-corrected chi connectivity index (χ1v) is 7.42. The number of benzene rings is 1. The van der Waals surface area contributed by atoms with Crippen molar-refractivity contribution >= 4 is 24.2 Å². The molecule has 6 heteroatoms. The number of methoxy groups -OCH3 is 1. The number of nitrogens with zero attached hydrogens (tertiary/aromatic N) is 1. The van der Waals surface area contributed by atoms with Gasteiger partial charge in [-0.05, 0) is 24.6 Å². The highest BCUT2D eigenvalue weighted by molar-refractivity contribution is 6.00. The van der Waals surface area contributed by atoms with Gasteiger partial charge in [-0.1, -0.05) is 12.1 Å². The zero-order valence-electron chi connectivity index (χ0n) is 13.3. The highest BCUT2D eigenvalue weighted by atomic mass is 16.5. The van der Waals surface area contributed by atoms with Gasteiger partial charge in [-0.2, -0.15) is 0 Å². The molecule has 0 unspecified atom stereocenters. The molecule has 0 aliphatic carbocycles. The first kappa shape index (κ1) is 16.9. The lowest BCUT2D eigenvalue weighted by Gasteiger charge is -2.27. The average Bonchev–Trinajstić information content (AvgIpc) is 2.61. The molecule has 1 aliphatic rings. The number of amides is 1. The van der Waals surface area contributed by atoms with Crippen LogP contribution in [0.4, 0.5) is 0 Å². The van der Waals surface area contributed by atoms with Crippen LogP contribution in [0.3, 0.4) is 0 Å². The predicted octanol–water partition coefficient (Wildman–Crippen LogP) is 1.12. The summed E-state index contributed by atoms with van der Waals surface area (Å²) < 4.78 is 4.68. The van der Waals surface area contributed by atoms with Crippen molar-refractivity contribution < 1.29 is 19.1 Å². The molecule has 1 saturated heterocycles. The molecule has 0 saturated carbocycles. The summed E-state index contributed by atoms with van der Waals surface area (Å²) in [7, 11) is 1.26. The van der Waals surface area contributed by atoms with E-state index in [2.05, 4.69) is 10.1 Å². The number of nitrogens with one attached hydrogen (secondary N) is 1. The van der Waals surface area contributed by atoms with Crippen molar-refractivity contribution in [3.63, 3.8) is 0 Å². The number of aldehydes is 1. The van der Waals surface area contributed by atoms with E-state index in [1.165, 1.54) is 7.11 Å². The lowest BCUT2D eigenvalue weighted by molar-refractivity contribution is -0.127. The molecule has 1 amide bonds. The van der Waals surface area contributed by atoms with E-state index in [1.54, 1.807) is 36.1 Å². The molecule has 0 radical (unpaired) electrons. The molecule has 1 aromatic rings. The van der Waals surface area contributed by atoms with Crippen LogP contribution >= 0.6 is 0 Å². The Morgan fingerprint density at radius 2 is 1.96 bits per heavy atom. The molecule has 1 N–H and O–H groups in total. The number of carbonyl (C=O) groups is 3. The van der Waals surface area contributed by atoms with Gasteiger partial charge in [-0.15, -0.1) is 0 Å². The van der Waals surface area contributed by atoms with E-state index in [9.17, 15) is 14.4 Å². The highest BCUT2D eigenvalue weighted by Crippen LogP contribution is 2.16. The van der Waals surface area contributed by atoms with E-state index in [1.807, 2.05) is 0 Å². The fraction of sp³-hybridized carbons (Fsp3) is 0.353. The maximum absolute atomic E-state index is 12.4. The molecule has 6 nitrogen and oxygen atoms in total. The number of piperazine rings is 1. The molecule has 1 aromatic carbocycles. The van der Waals surface area contributed by atoms with Gasteiger partial charge >= 0.3 is 5.97 Å². The quantitative estimate of drug-likeness (QED) is 0.512. The standard InChI is InChI=1S/C17H20N2O4/c1-12(16(21)19-7-5-18-6-8-19)9-13-3-4-14(11-20)15(10-13)17(22)23-2/h3-4,9-11,18H,5-8H2,1-2H3/b12-9+. The summed E-state index contributed by atoms with van der Waals surface area (Å²) in [6.07, 6.45) is 2.32. The lowest BCUT2D eigenvalue weighted by atomic mass is 10.0. The monoisotopic (exact) mass is 316 g/mol. The van der Waals surface area contributed by atoms with Crippen molar-refractivity contribution in [1.29, 1.82) is 0 Å². The first-order chi connectivity index (χ1) is 11.1. The third-order valence-corrected chi connectivity index (χ3v) is 3.73. The zero-order chi connectivity index (χ0) is 16.8. The van der Waals surface area contributed by atoms with Crippen LogP contribution in [0.1, 0.15) is 33.2 Å². The van der Waals surface area contributed by atoms with Gasteiger partial charge in [0.1, 0.15) is 0 Å². The minimum Gasteiger partial charge on any atom is -0.465 e. The van der Waals surface area contributed by atoms with Crippen LogP contribution in [0.25, 0.3) is 6.08 Å². The Balaban J connectivity index is 2.25. The van der Waals surface area contributed by atoms with Crippen LogP contribution in [0.15, 0.2) is 23.8 Å². The summed E-state index contributed by atoms with van der Waals surface area (Å²) >= 11 is 0. The number of carbonyl (C=O) groups excluding carboxylic acids is 3. The van der Waals surface area contributed by atoms with Crippen molar-refractivity contribution in [2.24, 2.45) is 0 Å². The molecule has 0 aromatic heterocycles. The van der Waals surface area contributed by atoms with Gasteiger partial charge in [-0.25, -0.2) is 4.79 Å². The molecule has 2 rings (SSSR count). The normalized spacial score (nSPS) is 15.2. The number of hydrogen-bond donors (Lipinski definition) is 1. The molecule has 0 spiro atoms. The predicted molar refractivity (Wildman–Crippen MR) is 86.3 cm³/mol. The van der Waals surface area contributed by atoms with Crippen molar-refractivity contribution in [2.75, 3.05) is 33.3 Å². The summed E-state index contributed by atoms with van der Waals surface area (Å²) in [5.41, 5.74) is 1.72. The maximum Gasteiger partial charge on any atom is 0.338 e. The fourth-order valence-electron chi connectivity index (χ4n) is 2.48. The number of rotatable bonds is 4. The SMILES string of the molecule is COC(=O)c1cc(/C=C(\C)C(=O)N2CCNCC2)ccc1C=O. The molecule has 0 bridgehead atoms. The van der Waals surface area contributed by atoms with Crippen molar-refractivity contribution in [1.82, 2.24) is 10.2 Å². The summed E-state index contributed by atoms with van der Waals surface area (Å²) in [5, 5.41) is 3.20. The maximum atomic E-state index is 12.4. The van der Waals surface area contributed by atoms with Crippen LogP contribution in [-0.4, -0.2) is 56.4 Å². The minimum absolute atomic E-state index is 0.0226. The average molecular weight is 316 g/mol. The summed E-state index contributed by atoms with van der Waals surface area (Å²) in [5.74, 6) is -0.598. The summed E-state index contributed by atoms with van der Waals surface area (Å²) in [6, 6.07) is 4.81. The largest absolute Gasteiger partial charge is 0.465 e. The second-order valence-corrected chi connectivity index (χ2v) is 5.33. The van der Waals surface area contributed by atoms with E-state index in [-0.39, 0.29) is 17.0 Å². The Morgan fingerprint density at radius 3 is 2.57 bits per heavy atom. The van der Waals surface area contributed by atoms with Crippen LogP contribution in [0.2, 0.25) is 0 Å². The second-order valence-electron chi connectivity index (χ2n) is 5.33. The van der Waals surface area contributed by atoms with Crippen LogP contribution in [-0.2, 0) is 9.53 Å². The fourth-order valence-corrected chi connectivity index (χ4v) is 2.48. The van der Waals surface area contributed by atoms with Gasteiger partial charge in [-0.3, -0.25) is 9.59 Å². The van der Waals surface area contributed by atoms with Gasteiger partial charge < -0.3 is 15.0 Å². The van der Waals surface area contributed by atoms with Crippen LogP contribution in [0.5, 0.6) is 0 Å². The van der Waals surface area contributed by atoms with E-state index >= 15 is 0 Å². The van der Waals surface area contributed by atoms with E-state index in [4.69, 9.17) is 0 Å². The number of ether oxygens (including phenoxy) is 1. The third-order valence-electron chi connectivity index (χ3n) is 3.73. The van der Waals surface area contributed by atoms with Crippen molar-refractivity contribution in [3.05, 3.63) is 40.5 Å². The molecule has 1 aliphatic heterocycles. The van der Waals surface area contributed by atoms with Crippen LogP contribution in [0, 0.1) is 0 Å². The van der Waals surface area contributed by atoms with E-state index < -0.39 is 5.97 Å². The van der Waals surface area contributed by atoms with Gasteiger partial charge in [0.15, 0.2) is 6.29 Å². The molecule has 1 fully saturated rings. The summed E-state index contributed by atoms with van der Waals surface area (Å²) in [6.45, 7) is 4.69. The van der Waals surface area contributed by atoms with Crippen molar-refractivity contribution in [3.8, 4) is 0 Å². The second kappa shape index (κ2) is 7.69. The van der Waals surface area contributed by atoms with Gasteiger partial charge in [0.2, 0.25) is 5.91 Å². The Kier molecular flexibility index (Phi) is 5.65. The molecule has 23 heavy (non-hydrogen) atoms. The van der Waals surface area contributed by atoms with Crippen molar-refractivity contribution in [2.45, 2.75) is 6.92 Å². The van der Waals surface area contributed by atoms with Crippen LogP contribution < -0.4 is 5.32 Å². The highest BCUT2D eigenvalue weighted by Gasteiger charge is 2.18. The Morgan fingerprint density at radius 1 is 1.26 bits per heavy atom. The Hall–Kier alpha value is -2.47. The molecule has 122 valence electrons. The molecular weight excluding hydrogens is 296 g/mol. The molecular formula is C17H20N2O4. The van der Waals surface area contributed by atoms with Gasteiger partial charge in [0.05, 0.1) is 12.7 Å². The molecule has 0 atom stereocenters. The lowest BCUT2D eigenvalue weighted by Crippen LogP contribution is -2.46. The Bertz CT molecular complexity index is 646. The number of esters is 1. The smallest absolute Gasteiger partial charge is 0.338 e. The Labute approximate surface area is 135 Å².